The molecule has 0 saturated carbocycles. The van der Waals surface area contributed by atoms with Gasteiger partial charge in [0.2, 0.25) is 0 Å². The van der Waals surface area contributed by atoms with Gasteiger partial charge in [-0.1, -0.05) is 23.7 Å². The second-order valence-corrected chi connectivity index (χ2v) is 6.29. The second-order valence-electron chi connectivity index (χ2n) is 5.91. The SMILES string of the molecule is O=C(NCc1ncc(-c2cccc(F)c2Cl)cc1F)NNC(=O)c1cncc(F)c1. The van der Waals surface area contributed by atoms with Gasteiger partial charge in [0.25, 0.3) is 5.91 Å². The molecule has 0 bridgehead atoms. The van der Waals surface area contributed by atoms with Crippen LogP contribution in [0.3, 0.4) is 0 Å². The van der Waals surface area contributed by atoms with E-state index in [1.54, 1.807) is 0 Å². The average molecular weight is 436 g/mol. The molecular weight excluding hydrogens is 423 g/mol. The zero-order chi connectivity index (χ0) is 21.7. The quantitative estimate of drug-likeness (QED) is 0.547. The van der Waals surface area contributed by atoms with Crippen molar-refractivity contribution in [3.05, 3.63) is 82.7 Å². The minimum absolute atomic E-state index is 0.0953. The molecule has 30 heavy (non-hydrogen) atoms. The minimum Gasteiger partial charge on any atom is -0.331 e. The van der Waals surface area contributed by atoms with Crippen molar-refractivity contribution >= 4 is 23.5 Å². The Morgan fingerprint density at radius 1 is 1.00 bits per heavy atom. The van der Waals surface area contributed by atoms with Crippen LogP contribution in [0.25, 0.3) is 11.1 Å². The maximum Gasteiger partial charge on any atom is 0.333 e. The van der Waals surface area contributed by atoms with Crippen molar-refractivity contribution in [3.8, 4) is 11.1 Å². The summed E-state index contributed by atoms with van der Waals surface area (Å²) in [5.41, 5.74) is 4.42. The summed E-state index contributed by atoms with van der Waals surface area (Å²) in [6.45, 7) is -0.299. The largest absolute Gasteiger partial charge is 0.333 e. The smallest absolute Gasteiger partial charge is 0.331 e. The number of aromatic nitrogens is 2. The zero-order valence-corrected chi connectivity index (χ0v) is 15.8. The Labute approximate surface area is 173 Å². The van der Waals surface area contributed by atoms with Gasteiger partial charge in [0.1, 0.15) is 17.5 Å². The van der Waals surface area contributed by atoms with Gasteiger partial charge in [-0.05, 0) is 18.2 Å². The number of carbonyl (C=O) groups is 2. The maximum atomic E-state index is 14.3. The van der Waals surface area contributed by atoms with E-state index in [1.165, 1.54) is 24.4 Å². The van der Waals surface area contributed by atoms with Crippen LogP contribution >= 0.6 is 11.6 Å². The first-order chi connectivity index (χ1) is 14.3. The van der Waals surface area contributed by atoms with Gasteiger partial charge in [-0.15, -0.1) is 0 Å². The number of amides is 3. The summed E-state index contributed by atoms with van der Waals surface area (Å²) in [5.74, 6) is -2.90. The third-order valence-corrected chi connectivity index (χ3v) is 4.24. The molecule has 3 N–H and O–H groups in total. The first kappa shape index (κ1) is 21.1. The lowest BCUT2D eigenvalue weighted by Crippen LogP contribution is -2.46. The summed E-state index contributed by atoms with van der Waals surface area (Å²) >= 11 is 5.89. The van der Waals surface area contributed by atoms with Crippen molar-refractivity contribution in [3.63, 3.8) is 0 Å². The van der Waals surface area contributed by atoms with Gasteiger partial charge >= 0.3 is 6.03 Å². The molecule has 0 aliphatic rings. The van der Waals surface area contributed by atoms with Crippen molar-refractivity contribution in [2.75, 3.05) is 0 Å². The fourth-order valence-electron chi connectivity index (χ4n) is 2.40. The van der Waals surface area contributed by atoms with Gasteiger partial charge in [-0.2, -0.15) is 0 Å². The molecule has 0 saturated heterocycles. The van der Waals surface area contributed by atoms with E-state index in [2.05, 4.69) is 15.3 Å². The minimum atomic E-state index is -0.855. The van der Waals surface area contributed by atoms with Gasteiger partial charge in [-0.25, -0.2) is 23.4 Å². The normalized spacial score (nSPS) is 10.4. The maximum absolute atomic E-state index is 14.3. The molecule has 0 fully saturated rings. The molecular formula is C19H13ClF3N5O2. The molecule has 11 heteroatoms. The summed E-state index contributed by atoms with van der Waals surface area (Å²) in [5, 5.41) is 2.14. The highest BCUT2D eigenvalue weighted by molar-refractivity contribution is 6.33. The standard InChI is InChI=1S/C19H13ClF3N5O2/c20-17-13(2-1-3-14(17)22)10-5-15(23)16(25-7-10)9-26-19(30)28-27-18(29)11-4-12(21)8-24-6-11/h1-8H,9H2,(H,27,29)(H2,26,28,30). The van der Waals surface area contributed by atoms with Gasteiger partial charge in [0, 0.05) is 23.5 Å². The number of benzene rings is 1. The van der Waals surface area contributed by atoms with Crippen LogP contribution in [0.15, 0.2) is 48.9 Å². The van der Waals surface area contributed by atoms with Crippen molar-refractivity contribution in [2.24, 2.45) is 0 Å². The van der Waals surface area contributed by atoms with E-state index in [4.69, 9.17) is 11.6 Å². The predicted molar refractivity (Wildman–Crippen MR) is 102 cm³/mol. The molecule has 3 amide bonds. The molecule has 0 atom stereocenters. The van der Waals surface area contributed by atoms with Gasteiger partial charge < -0.3 is 5.32 Å². The number of urea groups is 1. The number of hydrazine groups is 1. The molecule has 0 aliphatic carbocycles. The molecule has 7 nitrogen and oxygen atoms in total. The van der Waals surface area contributed by atoms with Crippen LogP contribution < -0.4 is 16.2 Å². The first-order valence-corrected chi connectivity index (χ1v) is 8.76. The number of pyridine rings is 2. The Morgan fingerprint density at radius 3 is 2.53 bits per heavy atom. The van der Waals surface area contributed by atoms with E-state index in [9.17, 15) is 22.8 Å². The highest BCUT2D eigenvalue weighted by Crippen LogP contribution is 2.30. The van der Waals surface area contributed by atoms with E-state index in [0.29, 0.717) is 0 Å². The Hall–Kier alpha value is -3.66. The summed E-state index contributed by atoms with van der Waals surface area (Å²) in [6, 6.07) is 5.32. The van der Waals surface area contributed by atoms with E-state index < -0.39 is 29.4 Å². The number of hydrogen-bond donors (Lipinski definition) is 3. The van der Waals surface area contributed by atoms with Crippen molar-refractivity contribution < 1.29 is 22.8 Å². The summed E-state index contributed by atoms with van der Waals surface area (Å²) in [7, 11) is 0. The molecule has 0 aliphatic heterocycles. The highest BCUT2D eigenvalue weighted by atomic mass is 35.5. The number of hydrogen-bond acceptors (Lipinski definition) is 4. The Balaban J connectivity index is 1.57. The van der Waals surface area contributed by atoms with Crippen molar-refractivity contribution in [1.29, 1.82) is 0 Å². The van der Waals surface area contributed by atoms with E-state index in [1.807, 2.05) is 10.9 Å². The van der Waals surface area contributed by atoms with E-state index in [-0.39, 0.29) is 34.0 Å². The second kappa shape index (κ2) is 9.23. The van der Waals surface area contributed by atoms with Crippen LogP contribution in [-0.4, -0.2) is 21.9 Å². The van der Waals surface area contributed by atoms with Crippen molar-refractivity contribution in [2.45, 2.75) is 6.54 Å². The lowest BCUT2D eigenvalue weighted by molar-refractivity contribution is 0.0935. The van der Waals surface area contributed by atoms with Crippen LogP contribution in [0, 0.1) is 17.5 Å². The number of carbonyl (C=O) groups excluding carboxylic acids is 2. The number of rotatable bonds is 4. The third kappa shape index (κ3) is 5.03. The topological polar surface area (TPSA) is 96.0 Å². The van der Waals surface area contributed by atoms with E-state index >= 15 is 0 Å². The molecule has 2 heterocycles. The fraction of sp³-hybridized carbons (Fsp3) is 0.0526. The average Bonchev–Trinajstić information content (AvgIpc) is 2.73. The highest BCUT2D eigenvalue weighted by Gasteiger charge is 2.13. The molecule has 0 spiro atoms. The van der Waals surface area contributed by atoms with Gasteiger partial charge in [0.15, 0.2) is 0 Å². The molecule has 0 radical (unpaired) electrons. The number of nitrogens with one attached hydrogen (secondary N) is 3. The Morgan fingerprint density at radius 2 is 1.80 bits per heavy atom. The van der Waals surface area contributed by atoms with Crippen LogP contribution in [0.2, 0.25) is 5.02 Å². The lowest BCUT2D eigenvalue weighted by atomic mass is 10.1. The molecule has 2 aromatic heterocycles. The fourth-order valence-corrected chi connectivity index (χ4v) is 2.64. The molecule has 3 rings (SSSR count). The van der Waals surface area contributed by atoms with Crippen LogP contribution in [0.5, 0.6) is 0 Å². The van der Waals surface area contributed by atoms with Crippen LogP contribution in [0.1, 0.15) is 16.1 Å². The zero-order valence-electron chi connectivity index (χ0n) is 15.0. The van der Waals surface area contributed by atoms with E-state index in [0.717, 1.165) is 24.5 Å². The van der Waals surface area contributed by atoms with Crippen LogP contribution in [0.4, 0.5) is 18.0 Å². The summed E-state index contributed by atoms with van der Waals surface area (Å²) < 4.78 is 40.9. The molecule has 3 aromatic rings. The van der Waals surface area contributed by atoms with Gasteiger partial charge in [-0.3, -0.25) is 20.2 Å². The summed E-state index contributed by atoms with van der Waals surface area (Å²) in [6.07, 6.45) is 3.33. The Kier molecular flexibility index (Phi) is 6.48. The third-order valence-electron chi connectivity index (χ3n) is 3.85. The van der Waals surface area contributed by atoms with Crippen molar-refractivity contribution in [1.82, 2.24) is 26.1 Å². The van der Waals surface area contributed by atoms with Crippen LogP contribution in [-0.2, 0) is 6.54 Å². The number of nitrogens with zero attached hydrogens (tertiary/aromatic N) is 2. The lowest BCUT2D eigenvalue weighted by Gasteiger charge is -2.10. The summed E-state index contributed by atoms with van der Waals surface area (Å²) in [4.78, 5) is 31.0. The first-order valence-electron chi connectivity index (χ1n) is 8.38. The Bertz CT molecular complexity index is 1110. The predicted octanol–water partition coefficient (Wildman–Crippen LogP) is 3.36. The monoisotopic (exact) mass is 435 g/mol. The molecule has 0 unspecified atom stereocenters. The molecule has 154 valence electrons. The molecule has 1 aromatic carbocycles. The number of halogens is 4. The van der Waals surface area contributed by atoms with Gasteiger partial charge in [0.05, 0.1) is 29.0 Å².